The lowest BCUT2D eigenvalue weighted by atomic mass is 10.2. The molecule has 0 saturated carbocycles. The fourth-order valence-corrected chi connectivity index (χ4v) is 1.58. The second kappa shape index (κ2) is 4.79. The van der Waals surface area contributed by atoms with Crippen molar-refractivity contribution in [2.24, 2.45) is 0 Å². The molecule has 0 aliphatic carbocycles. The van der Waals surface area contributed by atoms with Gasteiger partial charge in [0.15, 0.2) is 5.76 Å². The molecule has 19 heavy (non-hydrogen) atoms. The number of nitrogen functional groups attached to an aromatic ring is 1. The fraction of sp³-hybridized carbons (Fsp3) is 0.200. The van der Waals surface area contributed by atoms with Gasteiger partial charge in [0.1, 0.15) is 28.1 Å². The lowest BCUT2D eigenvalue weighted by molar-refractivity contribution is -0.401. The van der Waals surface area contributed by atoms with Crippen molar-refractivity contribution in [2.75, 3.05) is 12.3 Å². The number of aromatic nitrogens is 2. The number of anilines is 1. The van der Waals surface area contributed by atoms with E-state index in [1.807, 2.05) is 6.07 Å². The van der Waals surface area contributed by atoms with Gasteiger partial charge in [0.05, 0.1) is 19.2 Å². The number of aliphatic hydroxyl groups excluding tert-OH is 1. The minimum Gasteiger partial charge on any atom is -0.399 e. The molecular weight excluding hydrogens is 254 g/mol. The van der Waals surface area contributed by atoms with Crippen LogP contribution in [0.4, 0.5) is 11.7 Å². The Morgan fingerprint density at radius 1 is 1.63 bits per heavy atom. The van der Waals surface area contributed by atoms with Crippen molar-refractivity contribution >= 4 is 11.7 Å². The molecule has 0 aromatic carbocycles. The summed E-state index contributed by atoms with van der Waals surface area (Å²) in [4.78, 5) is 9.85. The number of furan rings is 1. The Kier molecular flexibility index (Phi) is 3.17. The Bertz CT molecular complexity index is 666. The van der Waals surface area contributed by atoms with Gasteiger partial charge in [0, 0.05) is 0 Å². The summed E-state index contributed by atoms with van der Waals surface area (Å²) in [6, 6.07) is 4.36. The maximum atomic E-state index is 10.5. The van der Waals surface area contributed by atoms with Gasteiger partial charge in [-0.3, -0.25) is 10.1 Å². The third kappa shape index (κ3) is 2.12. The van der Waals surface area contributed by atoms with E-state index in [9.17, 15) is 10.1 Å². The summed E-state index contributed by atoms with van der Waals surface area (Å²) in [5.74, 6) is -0.300. The van der Waals surface area contributed by atoms with Crippen LogP contribution in [-0.2, 0) is 6.54 Å². The van der Waals surface area contributed by atoms with Crippen LogP contribution >= 0.6 is 0 Å². The molecule has 98 valence electrons. The van der Waals surface area contributed by atoms with Crippen LogP contribution < -0.4 is 5.73 Å². The smallest absolute Gasteiger partial charge is 0.399 e. The number of nitro groups is 1. The highest BCUT2D eigenvalue weighted by molar-refractivity contribution is 5.69. The van der Waals surface area contributed by atoms with E-state index in [1.54, 1.807) is 0 Å². The van der Waals surface area contributed by atoms with Crippen molar-refractivity contribution in [1.29, 1.82) is 5.26 Å². The highest BCUT2D eigenvalue weighted by atomic mass is 16.6. The zero-order chi connectivity index (χ0) is 14.0. The average molecular weight is 263 g/mol. The van der Waals surface area contributed by atoms with E-state index in [-0.39, 0.29) is 36.0 Å². The minimum atomic E-state index is -0.691. The molecule has 0 unspecified atom stereocenters. The molecule has 2 heterocycles. The van der Waals surface area contributed by atoms with E-state index in [0.717, 1.165) is 6.07 Å². The molecule has 0 saturated heterocycles. The van der Waals surface area contributed by atoms with Crippen molar-refractivity contribution in [3.05, 3.63) is 27.8 Å². The third-order valence-electron chi connectivity index (χ3n) is 2.42. The SMILES string of the molecule is N#Cc1c(-c2ccc([N+](=O)[O-])o2)nn(CCO)c1N. The van der Waals surface area contributed by atoms with Gasteiger partial charge in [-0.2, -0.15) is 10.4 Å². The van der Waals surface area contributed by atoms with Crippen LogP contribution in [-0.4, -0.2) is 26.4 Å². The maximum absolute atomic E-state index is 10.5. The van der Waals surface area contributed by atoms with Crippen LogP contribution in [0.15, 0.2) is 16.5 Å². The molecule has 0 bridgehead atoms. The minimum absolute atomic E-state index is 0.0534. The largest absolute Gasteiger partial charge is 0.433 e. The first-order valence-electron chi connectivity index (χ1n) is 5.20. The van der Waals surface area contributed by atoms with Gasteiger partial charge in [0.2, 0.25) is 0 Å². The molecule has 2 rings (SSSR count). The predicted molar refractivity (Wildman–Crippen MR) is 62.8 cm³/mol. The van der Waals surface area contributed by atoms with Crippen LogP contribution in [0.5, 0.6) is 0 Å². The highest BCUT2D eigenvalue weighted by Crippen LogP contribution is 2.30. The summed E-state index contributed by atoms with van der Waals surface area (Å²) >= 11 is 0. The molecular formula is C10H9N5O4. The Morgan fingerprint density at radius 3 is 2.89 bits per heavy atom. The highest BCUT2D eigenvalue weighted by Gasteiger charge is 2.22. The summed E-state index contributed by atoms with van der Waals surface area (Å²) in [5.41, 5.74) is 5.86. The number of rotatable bonds is 4. The number of hydrogen-bond donors (Lipinski definition) is 2. The van der Waals surface area contributed by atoms with Crippen molar-refractivity contribution in [3.63, 3.8) is 0 Å². The lowest BCUT2D eigenvalue weighted by Gasteiger charge is -1.98. The monoisotopic (exact) mass is 263 g/mol. The summed E-state index contributed by atoms with van der Waals surface area (Å²) in [5, 5.41) is 32.4. The molecule has 0 radical (unpaired) electrons. The van der Waals surface area contributed by atoms with Crippen molar-refractivity contribution in [3.8, 4) is 17.5 Å². The number of aliphatic hydroxyl groups is 1. The Labute approximate surface area is 106 Å². The average Bonchev–Trinajstić information content (AvgIpc) is 2.96. The molecule has 0 aliphatic heterocycles. The van der Waals surface area contributed by atoms with Crippen molar-refractivity contribution in [1.82, 2.24) is 9.78 Å². The van der Waals surface area contributed by atoms with Gasteiger partial charge in [0.25, 0.3) is 0 Å². The second-order valence-electron chi connectivity index (χ2n) is 3.56. The lowest BCUT2D eigenvalue weighted by Crippen LogP contribution is -2.07. The molecule has 0 spiro atoms. The molecule has 2 aromatic heterocycles. The van der Waals surface area contributed by atoms with Crippen LogP contribution in [0.1, 0.15) is 5.56 Å². The number of nitriles is 1. The van der Waals surface area contributed by atoms with Crippen LogP contribution in [0.25, 0.3) is 11.5 Å². The van der Waals surface area contributed by atoms with E-state index in [4.69, 9.17) is 20.5 Å². The first kappa shape index (κ1) is 12.6. The van der Waals surface area contributed by atoms with Gasteiger partial charge in [-0.15, -0.1) is 0 Å². The summed E-state index contributed by atoms with van der Waals surface area (Å²) < 4.78 is 6.21. The third-order valence-corrected chi connectivity index (χ3v) is 2.42. The van der Waals surface area contributed by atoms with E-state index in [2.05, 4.69) is 5.10 Å². The normalized spacial score (nSPS) is 10.3. The fourth-order valence-electron chi connectivity index (χ4n) is 1.58. The standard InChI is InChI=1S/C10H9N5O4/c11-5-6-9(13-14(3-4-16)10(6)12)7-1-2-8(19-7)15(17)18/h1-2,16H,3-4,12H2. The number of nitrogens with two attached hydrogens (primary N) is 1. The molecule has 0 amide bonds. The van der Waals surface area contributed by atoms with E-state index in [1.165, 1.54) is 10.7 Å². The molecule has 3 N–H and O–H groups in total. The Hall–Kier alpha value is -2.86. The van der Waals surface area contributed by atoms with Gasteiger partial charge >= 0.3 is 5.88 Å². The molecule has 9 heteroatoms. The summed E-state index contributed by atoms with van der Waals surface area (Å²) in [6.07, 6.45) is 0. The van der Waals surface area contributed by atoms with Crippen LogP contribution in [0.3, 0.4) is 0 Å². The molecule has 9 nitrogen and oxygen atoms in total. The molecule has 0 atom stereocenters. The van der Waals surface area contributed by atoms with Crippen molar-refractivity contribution < 1.29 is 14.4 Å². The summed E-state index contributed by atoms with van der Waals surface area (Å²) in [6.45, 7) is -0.0855. The maximum Gasteiger partial charge on any atom is 0.433 e. The zero-order valence-corrected chi connectivity index (χ0v) is 9.61. The summed E-state index contributed by atoms with van der Waals surface area (Å²) in [7, 11) is 0. The van der Waals surface area contributed by atoms with Gasteiger partial charge < -0.3 is 15.3 Å². The number of hydrogen-bond acceptors (Lipinski definition) is 7. The van der Waals surface area contributed by atoms with Gasteiger partial charge in [-0.05, 0) is 6.07 Å². The van der Waals surface area contributed by atoms with E-state index >= 15 is 0 Å². The zero-order valence-electron chi connectivity index (χ0n) is 9.61. The van der Waals surface area contributed by atoms with Gasteiger partial charge in [-0.1, -0.05) is 0 Å². The second-order valence-corrected chi connectivity index (χ2v) is 3.56. The van der Waals surface area contributed by atoms with Crippen molar-refractivity contribution in [2.45, 2.75) is 6.54 Å². The quantitative estimate of drug-likeness (QED) is 0.603. The molecule has 0 aliphatic rings. The first-order valence-corrected chi connectivity index (χ1v) is 5.20. The topological polar surface area (TPSA) is 144 Å². The van der Waals surface area contributed by atoms with Gasteiger partial charge in [-0.25, -0.2) is 4.68 Å². The molecule has 2 aromatic rings. The predicted octanol–water partition coefficient (Wildman–Crippen LogP) is 0.497. The van der Waals surface area contributed by atoms with Crippen LogP contribution in [0, 0.1) is 21.4 Å². The first-order chi connectivity index (χ1) is 9.08. The number of nitrogens with zero attached hydrogens (tertiary/aromatic N) is 4. The van der Waals surface area contributed by atoms with Crippen LogP contribution in [0.2, 0.25) is 0 Å². The van der Waals surface area contributed by atoms with E-state index in [0.29, 0.717) is 0 Å². The molecule has 0 fully saturated rings. The Morgan fingerprint density at radius 2 is 2.37 bits per heavy atom. The van der Waals surface area contributed by atoms with E-state index < -0.39 is 10.8 Å². The Balaban J connectivity index is 2.52.